The molecule has 17 unspecified atom stereocenters. The molecule has 0 bridgehead atoms. The van der Waals surface area contributed by atoms with Crippen LogP contribution in [0.2, 0.25) is 0 Å². The molecule has 0 aromatic carbocycles. The van der Waals surface area contributed by atoms with Crippen LogP contribution in [0.1, 0.15) is 219 Å². The molecule has 0 aliphatic carbocycles. The van der Waals surface area contributed by atoms with Crippen molar-refractivity contribution in [1.29, 1.82) is 0 Å². The fourth-order valence-electron chi connectivity index (χ4n) is 10.6. The maximum absolute atomic E-state index is 13.3. The lowest BCUT2D eigenvalue weighted by Gasteiger charge is -2.48. The minimum Gasteiger partial charge on any atom is -0.394 e. The number of carbonyl (C=O) groups is 1. The second kappa shape index (κ2) is 43.8. The van der Waals surface area contributed by atoms with Gasteiger partial charge in [0.05, 0.1) is 38.6 Å². The van der Waals surface area contributed by atoms with Gasteiger partial charge in [0.1, 0.15) is 73.2 Å². The van der Waals surface area contributed by atoms with Crippen LogP contribution < -0.4 is 5.32 Å². The molecule has 3 heterocycles. The summed E-state index contributed by atoms with van der Waals surface area (Å²) in [6.45, 7) is 1.71. The standard InChI is InChI=1S/C60H111NO18/c1-3-5-7-9-11-13-15-16-17-18-19-20-21-22-23-24-25-26-28-30-32-34-36-38-48(66)61-43(44(65)37-35-33-31-29-27-14-12-10-8-6-4-2)42-74-58-54(72)51(69)56(46(40-63)76-58)79-60-55(73)52(70)57(47(41-64)77-60)78-59-53(71)50(68)49(67)45(39-62)75-59/h18-19,35,37,43-47,49-60,62-65,67-73H,3-17,20-34,36,38-42H2,1-2H3,(H,61,66)/b19-18-,37-35+. The number of rotatable bonds is 46. The van der Waals surface area contributed by atoms with E-state index >= 15 is 0 Å². The van der Waals surface area contributed by atoms with E-state index < -0.39 is 124 Å². The van der Waals surface area contributed by atoms with Gasteiger partial charge < -0.3 is 89.9 Å². The Balaban J connectivity index is 1.45. The van der Waals surface area contributed by atoms with E-state index in [0.29, 0.717) is 6.42 Å². The molecule has 464 valence electrons. The Morgan fingerprint density at radius 1 is 0.443 bits per heavy atom. The lowest BCUT2D eigenvalue weighted by Crippen LogP contribution is -2.66. The fraction of sp³-hybridized carbons (Fsp3) is 0.917. The third kappa shape index (κ3) is 27.7. The monoisotopic (exact) mass is 1130 g/mol. The summed E-state index contributed by atoms with van der Waals surface area (Å²) in [5.74, 6) is -0.277. The topological polar surface area (TPSA) is 307 Å². The smallest absolute Gasteiger partial charge is 0.220 e. The molecule has 1 amide bonds. The largest absolute Gasteiger partial charge is 0.394 e. The molecule has 79 heavy (non-hydrogen) atoms. The predicted molar refractivity (Wildman–Crippen MR) is 300 cm³/mol. The molecule has 3 aliphatic rings. The summed E-state index contributed by atoms with van der Waals surface area (Å²) in [6, 6.07) is -0.969. The van der Waals surface area contributed by atoms with Gasteiger partial charge >= 0.3 is 0 Å². The molecule has 0 aromatic rings. The van der Waals surface area contributed by atoms with E-state index in [9.17, 15) is 61.0 Å². The summed E-state index contributed by atoms with van der Waals surface area (Å²) in [4.78, 5) is 13.3. The van der Waals surface area contributed by atoms with Crippen LogP contribution in [-0.2, 0) is 33.2 Å². The minimum absolute atomic E-state index is 0.244. The third-order valence-electron chi connectivity index (χ3n) is 15.7. The molecule has 0 aromatic heterocycles. The number of carbonyl (C=O) groups excluding carboxylic acids is 1. The van der Waals surface area contributed by atoms with E-state index in [1.54, 1.807) is 6.08 Å². The van der Waals surface area contributed by atoms with Crippen molar-refractivity contribution < 1.29 is 89.4 Å². The lowest BCUT2D eigenvalue weighted by molar-refractivity contribution is -0.379. The number of allylic oxidation sites excluding steroid dienone is 3. The summed E-state index contributed by atoms with van der Waals surface area (Å²) in [6.07, 6.45) is 18.8. The second-order valence-electron chi connectivity index (χ2n) is 22.5. The van der Waals surface area contributed by atoms with Gasteiger partial charge in [-0.1, -0.05) is 192 Å². The zero-order valence-corrected chi connectivity index (χ0v) is 48.4. The third-order valence-corrected chi connectivity index (χ3v) is 15.7. The number of unbranched alkanes of at least 4 members (excludes halogenated alkanes) is 28. The summed E-state index contributed by atoms with van der Waals surface area (Å²) in [5, 5.41) is 120. The zero-order valence-electron chi connectivity index (χ0n) is 48.4. The van der Waals surface area contributed by atoms with Crippen LogP contribution >= 0.6 is 0 Å². The molecule has 19 heteroatoms. The number of ether oxygens (including phenoxy) is 6. The van der Waals surface area contributed by atoms with Gasteiger partial charge in [0.25, 0.3) is 0 Å². The van der Waals surface area contributed by atoms with Gasteiger partial charge in [0.15, 0.2) is 18.9 Å². The minimum atomic E-state index is -1.98. The van der Waals surface area contributed by atoms with Crippen molar-refractivity contribution in [1.82, 2.24) is 5.32 Å². The first-order valence-electron chi connectivity index (χ1n) is 31.1. The van der Waals surface area contributed by atoms with Gasteiger partial charge in [-0.05, 0) is 44.9 Å². The highest BCUT2D eigenvalue weighted by atomic mass is 16.8. The highest BCUT2D eigenvalue weighted by molar-refractivity contribution is 5.76. The highest BCUT2D eigenvalue weighted by Gasteiger charge is 2.53. The van der Waals surface area contributed by atoms with Gasteiger partial charge in [-0.25, -0.2) is 0 Å². The van der Waals surface area contributed by atoms with Gasteiger partial charge in [-0.2, -0.15) is 0 Å². The van der Waals surface area contributed by atoms with Crippen molar-refractivity contribution in [3.63, 3.8) is 0 Å². The van der Waals surface area contributed by atoms with Crippen LogP contribution in [0, 0.1) is 0 Å². The van der Waals surface area contributed by atoms with Crippen molar-refractivity contribution in [2.45, 2.75) is 324 Å². The summed E-state index contributed by atoms with van der Waals surface area (Å²) < 4.78 is 34.2. The SMILES string of the molecule is CCCCCCCCCC/C=C\CCCCCCCCCCCCCC(=O)NC(COC1OC(CO)C(OC2OC(CO)C(OC3OC(CO)C(O)C(O)C3O)C(O)C2O)C(O)C1O)C(O)/C=C/CCCCCCCCCCC. The molecular formula is C60H111NO18. The Kier molecular flexibility index (Phi) is 39.7. The van der Waals surface area contributed by atoms with Crippen LogP contribution in [0.15, 0.2) is 24.3 Å². The first-order chi connectivity index (χ1) is 38.3. The van der Waals surface area contributed by atoms with Crippen LogP contribution in [0.4, 0.5) is 0 Å². The van der Waals surface area contributed by atoms with Gasteiger partial charge in [0.2, 0.25) is 5.91 Å². The number of hydrogen-bond acceptors (Lipinski definition) is 18. The van der Waals surface area contributed by atoms with Crippen LogP contribution in [-0.4, -0.2) is 193 Å². The molecule has 0 spiro atoms. The Morgan fingerprint density at radius 2 is 0.797 bits per heavy atom. The fourth-order valence-corrected chi connectivity index (χ4v) is 10.6. The number of aliphatic hydroxyl groups is 11. The summed E-state index contributed by atoms with van der Waals surface area (Å²) in [7, 11) is 0. The number of amides is 1. The molecule has 3 aliphatic heterocycles. The number of nitrogens with one attached hydrogen (secondary N) is 1. The molecule has 0 saturated carbocycles. The first-order valence-corrected chi connectivity index (χ1v) is 31.1. The van der Waals surface area contributed by atoms with Gasteiger partial charge in [-0.15, -0.1) is 0 Å². The summed E-state index contributed by atoms with van der Waals surface area (Å²) >= 11 is 0. The van der Waals surface area contributed by atoms with Crippen LogP contribution in [0.5, 0.6) is 0 Å². The average Bonchev–Trinajstić information content (AvgIpc) is 3.49. The predicted octanol–water partition coefficient (Wildman–Crippen LogP) is 5.93. The van der Waals surface area contributed by atoms with Crippen molar-refractivity contribution >= 4 is 5.91 Å². The first kappa shape index (κ1) is 71.5. The molecule has 0 radical (unpaired) electrons. The quantitative estimate of drug-likeness (QED) is 0.0248. The van der Waals surface area contributed by atoms with Crippen molar-refractivity contribution in [2.75, 3.05) is 26.4 Å². The molecule has 3 rings (SSSR count). The molecular weight excluding hydrogens is 1020 g/mol. The Hall–Kier alpha value is -1.73. The number of aliphatic hydroxyl groups excluding tert-OH is 11. The lowest BCUT2D eigenvalue weighted by atomic mass is 9.96. The molecule has 17 atom stereocenters. The molecule has 12 N–H and O–H groups in total. The van der Waals surface area contributed by atoms with Crippen molar-refractivity contribution in [3.8, 4) is 0 Å². The average molecular weight is 1130 g/mol. The van der Waals surface area contributed by atoms with E-state index in [1.165, 1.54) is 148 Å². The maximum Gasteiger partial charge on any atom is 0.220 e. The second-order valence-corrected chi connectivity index (χ2v) is 22.5. The van der Waals surface area contributed by atoms with E-state index in [4.69, 9.17) is 28.4 Å². The van der Waals surface area contributed by atoms with Crippen molar-refractivity contribution in [3.05, 3.63) is 24.3 Å². The Morgan fingerprint density at radius 3 is 1.23 bits per heavy atom. The van der Waals surface area contributed by atoms with E-state index in [0.717, 1.165) is 44.9 Å². The Labute approximate surface area is 473 Å². The molecule has 3 saturated heterocycles. The van der Waals surface area contributed by atoms with Crippen molar-refractivity contribution in [2.24, 2.45) is 0 Å². The highest BCUT2D eigenvalue weighted by Crippen LogP contribution is 2.33. The zero-order chi connectivity index (χ0) is 57.6. The maximum atomic E-state index is 13.3. The molecule has 3 fully saturated rings. The van der Waals surface area contributed by atoms with Gasteiger partial charge in [0, 0.05) is 6.42 Å². The number of hydrogen-bond donors (Lipinski definition) is 12. The van der Waals surface area contributed by atoms with Gasteiger partial charge in [-0.3, -0.25) is 4.79 Å². The van der Waals surface area contributed by atoms with E-state index in [2.05, 4.69) is 31.3 Å². The summed E-state index contributed by atoms with van der Waals surface area (Å²) in [5.41, 5.74) is 0. The normalized spacial score (nSPS) is 30.4. The van der Waals surface area contributed by atoms with E-state index in [1.807, 2.05) is 6.08 Å². The molecule has 19 nitrogen and oxygen atoms in total. The van der Waals surface area contributed by atoms with Crippen LogP contribution in [0.25, 0.3) is 0 Å². The van der Waals surface area contributed by atoms with E-state index in [-0.39, 0.29) is 18.9 Å². The Bertz CT molecular complexity index is 1540. The van der Waals surface area contributed by atoms with Crippen LogP contribution in [0.3, 0.4) is 0 Å².